The van der Waals surface area contributed by atoms with E-state index in [-0.39, 0.29) is 0 Å². The molecule has 0 aliphatic rings. The molecule has 2 aromatic carbocycles. The molecule has 0 unspecified atom stereocenters. The van der Waals surface area contributed by atoms with Crippen LogP contribution in [0.1, 0.15) is 21.5 Å². The van der Waals surface area contributed by atoms with Crippen LogP contribution in [0, 0.1) is 6.92 Å². The zero-order valence-corrected chi connectivity index (χ0v) is 13.1. The summed E-state index contributed by atoms with van der Waals surface area (Å²) in [6.45, 7) is 1.93. The van der Waals surface area contributed by atoms with Gasteiger partial charge in [-0.15, -0.1) is 0 Å². The first kappa shape index (κ1) is 16.5. The van der Waals surface area contributed by atoms with Gasteiger partial charge < -0.3 is 9.47 Å². The van der Waals surface area contributed by atoms with E-state index in [0.29, 0.717) is 5.56 Å². The molecule has 2 rings (SSSR count). The van der Waals surface area contributed by atoms with Crippen LogP contribution in [0.5, 0.6) is 0 Å². The van der Waals surface area contributed by atoms with Crippen LogP contribution in [0.15, 0.2) is 60.7 Å². The topological polar surface area (TPSA) is 52.6 Å². The summed E-state index contributed by atoms with van der Waals surface area (Å²) in [6.07, 6.45) is 2.13. The van der Waals surface area contributed by atoms with Crippen molar-refractivity contribution in [3.8, 4) is 0 Å². The van der Waals surface area contributed by atoms with Crippen LogP contribution in [-0.2, 0) is 14.3 Å². The van der Waals surface area contributed by atoms with Crippen molar-refractivity contribution in [3.63, 3.8) is 0 Å². The van der Waals surface area contributed by atoms with Crippen molar-refractivity contribution < 1.29 is 19.1 Å². The summed E-state index contributed by atoms with van der Waals surface area (Å²) < 4.78 is 9.94. The zero-order valence-electron chi connectivity index (χ0n) is 13.1. The minimum atomic E-state index is -1.09. The molecule has 4 nitrogen and oxygen atoms in total. The molecule has 0 aromatic heterocycles. The van der Waals surface area contributed by atoms with E-state index < -0.39 is 18.0 Å². The van der Waals surface area contributed by atoms with Gasteiger partial charge in [-0.1, -0.05) is 54.1 Å². The van der Waals surface area contributed by atoms with Crippen LogP contribution in [0.4, 0.5) is 0 Å². The van der Waals surface area contributed by atoms with Crippen molar-refractivity contribution in [2.45, 2.75) is 13.0 Å². The van der Waals surface area contributed by atoms with Gasteiger partial charge in [-0.25, -0.2) is 9.59 Å². The van der Waals surface area contributed by atoms with Gasteiger partial charge in [-0.05, 0) is 30.7 Å². The van der Waals surface area contributed by atoms with Crippen molar-refractivity contribution in [3.05, 3.63) is 77.4 Å². The summed E-state index contributed by atoms with van der Waals surface area (Å²) >= 11 is 0. The molecule has 0 spiro atoms. The van der Waals surface area contributed by atoms with E-state index in [2.05, 4.69) is 4.74 Å². The Morgan fingerprint density at radius 1 is 1.00 bits per heavy atom. The lowest BCUT2D eigenvalue weighted by molar-refractivity contribution is -0.148. The largest absolute Gasteiger partial charge is 0.466 e. The minimum Gasteiger partial charge on any atom is -0.466 e. The Bertz CT molecular complexity index is 687. The lowest BCUT2D eigenvalue weighted by Crippen LogP contribution is -2.26. The van der Waals surface area contributed by atoms with Crippen LogP contribution in [0.2, 0.25) is 0 Å². The second-order valence-corrected chi connectivity index (χ2v) is 4.98. The van der Waals surface area contributed by atoms with Crippen molar-refractivity contribution in [2.75, 3.05) is 7.11 Å². The van der Waals surface area contributed by atoms with Crippen molar-refractivity contribution in [2.24, 2.45) is 0 Å². The monoisotopic (exact) mass is 310 g/mol. The molecule has 1 atom stereocenters. The fraction of sp³-hybridized carbons (Fsp3) is 0.158. The first-order valence-corrected chi connectivity index (χ1v) is 7.19. The van der Waals surface area contributed by atoms with E-state index in [1.807, 2.05) is 49.4 Å². The Hall–Kier alpha value is -2.88. The van der Waals surface area contributed by atoms with Gasteiger partial charge in [-0.2, -0.15) is 0 Å². The molecule has 0 saturated carbocycles. The average Bonchev–Trinajstić information content (AvgIpc) is 2.59. The number of benzene rings is 2. The predicted molar refractivity (Wildman–Crippen MR) is 87.9 cm³/mol. The number of rotatable bonds is 5. The second-order valence-electron chi connectivity index (χ2n) is 4.98. The maximum atomic E-state index is 12.1. The molecule has 0 amide bonds. The molecule has 4 heteroatoms. The number of ether oxygens (including phenoxy) is 2. The Labute approximate surface area is 135 Å². The van der Waals surface area contributed by atoms with E-state index in [9.17, 15) is 9.59 Å². The van der Waals surface area contributed by atoms with E-state index >= 15 is 0 Å². The third-order valence-corrected chi connectivity index (χ3v) is 3.22. The van der Waals surface area contributed by atoms with E-state index in [1.165, 1.54) is 13.2 Å². The van der Waals surface area contributed by atoms with Gasteiger partial charge in [0.2, 0.25) is 6.10 Å². The van der Waals surface area contributed by atoms with Crippen LogP contribution in [0.3, 0.4) is 0 Å². The van der Waals surface area contributed by atoms with Gasteiger partial charge in [0, 0.05) is 0 Å². The first-order valence-electron chi connectivity index (χ1n) is 7.19. The van der Waals surface area contributed by atoms with E-state index in [4.69, 9.17) is 4.74 Å². The smallest absolute Gasteiger partial charge is 0.351 e. The molecule has 0 saturated heterocycles. The molecule has 2 aromatic rings. The summed E-state index contributed by atoms with van der Waals surface area (Å²) in [5, 5.41) is 0. The number of carbonyl (C=O) groups excluding carboxylic acids is 2. The highest BCUT2D eigenvalue weighted by Gasteiger charge is 2.21. The Morgan fingerprint density at radius 3 is 2.26 bits per heavy atom. The van der Waals surface area contributed by atoms with E-state index in [0.717, 1.165) is 11.1 Å². The van der Waals surface area contributed by atoms with E-state index in [1.54, 1.807) is 18.2 Å². The van der Waals surface area contributed by atoms with Gasteiger partial charge in [-0.3, -0.25) is 0 Å². The summed E-state index contributed by atoms with van der Waals surface area (Å²) in [5.74, 6) is -1.20. The minimum absolute atomic E-state index is 0.387. The Morgan fingerprint density at radius 2 is 1.65 bits per heavy atom. The molecular weight excluding hydrogens is 292 g/mol. The fourth-order valence-electron chi connectivity index (χ4n) is 1.92. The summed E-state index contributed by atoms with van der Waals surface area (Å²) in [5.41, 5.74) is 2.32. The highest BCUT2D eigenvalue weighted by molar-refractivity contribution is 5.92. The fourth-order valence-corrected chi connectivity index (χ4v) is 1.92. The molecular formula is C19H18O4. The maximum Gasteiger partial charge on any atom is 0.351 e. The number of aryl methyl sites for hydroxylation is 1. The number of hydrogen-bond acceptors (Lipinski definition) is 4. The molecule has 0 aliphatic carbocycles. The number of hydrogen-bond donors (Lipinski definition) is 0. The lowest BCUT2D eigenvalue weighted by Gasteiger charge is -2.12. The van der Waals surface area contributed by atoms with Crippen molar-refractivity contribution in [1.82, 2.24) is 0 Å². The molecule has 0 N–H and O–H groups in total. The van der Waals surface area contributed by atoms with Crippen LogP contribution in [-0.4, -0.2) is 25.2 Å². The quantitative estimate of drug-likeness (QED) is 0.794. The molecule has 118 valence electrons. The zero-order chi connectivity index (χ0) is 16.7. The first-order chi connectivity index (χ1) is 11.1. The summed E-state index contributed by atoms with van der Waals surface area (Å²) in [6, 6.07) is 16.4. The Balaban J connectivity index is 2.12. The van der Waals surface area contributed by atoms with Crippen molar-refractivity contribution >= 4 is 18.0 Å². The SMILES string of the molecule is COC(=O)[C@@H](/C=C/c1ccccc1)OC(=O)c1ccc(C)cc1. The van der Waals surface area contributed by atoms with Gasteiger partial charge in [0.1, 0.15) is 0 Å². The van der Waals surface area contributed by atoms with Crippen molar-refractivity contribution in [1.29, 1.82) is 0 Å². The van der Waals surface area contributed by atoms with Gasteiger partial charge >= 0.3 is 11.9 Å². The lowest BCUT2D eigenvalue weighted by atomic mass is 10.1. The second kappa shape index (κ2) is 7.94. The third-order valence-electron chi connectivity index (χ3n) is 3.22. The van der Waals surface area contributed by atoms with Gasteiger partial charge in [0.15, 0.2) is 0 Å². The van der Waals surface area contributed by atoms with Gasteiger partial charge in [0.05, 0.1) is 12.7 Å². The third kappa shape index (κ3) is 4.81. The van der Waals surface area contributed by atoms with Gasteiger partial charge in [0.25, 0.3) is 0 Å². The summed E-state index contributed by atoms with van der Waals surface area (Å²) in [4.78, 5) is 23.9. The predicted octanol–water partition coefficient (Wildman–Crippen LogP) is 3.41. The van der Waals surface area contributed by atoms with Crippen LogP contribution in [0.25, 0.3) is 6.08 Å². The normalized spacial score (nSPS) is 11.9. The van der Waals surface area contributed by atoms with Crippen LogP contribution >= 0.6 is 0 Å². The number of methoxy groups -OCH3 is 1. The Kier molecular flexibility index (Phi) is 5.69. The molecule has 0 fully saturated rings. The maximum absolute atomic E-state index is 12.1. The molecule has 0 bridgehead atoms. The number of carbonyl (C=O) groups is 2. The van der Waals surface area contributed by atoms with Crippen LogP contribution < -0.4 is 0 Å². The molecule has 23 heavy (non-hydrogen) atoms. The molecule has 0 radical (unpaired) electrons. The summed E-state index contributed by atoms with van der Waals surface area (Å²) in [7, 11) is 1.26. The molecule has 0 aliphatic heterocycles. The standard InChI is InChI=1S/C19H18O4/c1-14-8-11-16(12-9-14)18(20)23-17(19(21)22-2)13-10-15-6-4-3-5-7-15/h3-13,17H,1-2H3/b13-10+/t17-/m1/s1. The highest BCUT2D eigenvalue weighted by atomic mass is 16.6. The average molecular weight is 310 g/mol. The number of esters is 2. The highest BCUT2D eigenvalue weighted by Crippen LogP contribution is 2.10. The molecule has 0 heterocycles.